The second-order valence-electron chi connectivity index (χ2n) is 6.94. The third-order valence-corrected chi connectivity index (χ3v) is 3.92. The van der Waals surface area contributed by atoms with Crippen LogP contribution in [0.1, 0.15) is 39.0 Å². The van der Waals surface area contributed by atoms with Gasteiger partial charge in [0, 0.05) is 30.4 Å². The van der Waals surface area contributed by atoms with Gasteiger partial charge in [0.1, 0.15) is 5.67 Å². The van der Waals surface area contributed by atoms with Crippen molar-refractivity contribution in [2.75, 3.05) is 18.0 Å². The maximum Gasteiger partial charge on any atom is 0.225 e. The first-order chi connectivity index (χ1) is 8.74. The summed E-state index contributed by atoms with van der Waals surface area (Å²) in [5.74, 6) is 0.671. The lowest BCUT2D eigenvalue weighted by atomic mass is 10.00. The Balaban J connectivity index is 1.77. The quantitative estimate of drug-likeness (QED) is 0.778. The molecule has 0 aliphatic carbocycles. The summed E-state index contributed by atoms with van der Waals surface area (Å²) >= 11 is 0. The number of fused-ring (bicyclic) bond motifs is 1. The highest BCUT2D eigenvalue weighted by Crippen LogP contribution is 2.31. The molecular weight excluding hydrogens is 243 g/mol. The zero-order valence-corrected chi connectivity index (χ0v) is 12.1. The van der Waals surface area contributed by atoms with Gasteiger partial charge in [0.05, 0.1) is 18.8 Å². The summed E-state index contributed by atoms with van der Waals surface area (Å²) in [4.78, 5) is 13.3. The van der Waals surface area contributed by atoms with Crippen LogP contribution in [0.5, 0.6) is 0 Å². The van der Waals surface area contributed by atoms with E-state index in [1.807, 2.05) is 11.1 Å². The minimum Gasteiger partial charge on any atom is -0.334 e. The second-order valence-corrected chi connectivity index (χ2v) is 6.94. The molecule has 1 saturated heterocycles. The maximum atomic E-state index is 13.5. The van der Waals surface area contributed by atoms with Gasteiger partial charge in [-0.25, -0.2) is 14.4 Å². The number of halogens is 1. The second kappa shape index (κ2) is 3.88. The van der Waals surface area contributed by atoms with Gasteiger partial charge in [-0.3, -0.25) is 4.90 Å². The summed E-state index contributed by atoms with van der Waals surface area (Å²) in [6.07, 6.45) is 1.90. The van der Waals surface area contributed by atoms with E-state index in [0.717, 1.165) is 18.8 Å². The van der Waals surface area contributed by atoms with Gasteiger partial charge in [-0.1, -0.05) is 0 Å². The molecule has 5 heteroatoms. The molecule has 0 unspecified atom stereocenters. The molecule has 0 saturated carbocycles. The Morgan fingerprint density at radius 2 is 1.95 bits per heavy atom. The van der Waals surface area contributed by atoms with Crippen LogP contribution in [0.4, 0.5) is 10.3 Å². The Morgan fingerprint density at radius 3 is 2.53 bits per heavy atom. The number of nitrogens with zero attached hydrogens (tertiary/aromatic N) is 4. The van der Waals surface area contributed by atoms with Crippen molar-refractivity contribution < 1.29 is 4.39 Å². The standard InChI is InChI=1S/C14H21FN4/c1-13(2,3)19-6-10-5-16-12(17-11(10)7-19)18-8-14(4,15)9-18/h5H,6-9H2,1-4H3. The van der Waals surface area contributed by atoms with Crippen LogP contribution < -0.4 is 4.90 Å². The molecule has 2 aliphatic rings. The van der Waals surface area contributed by atoms with Crippen molar-refractivity contribution >= 4 is 5.95 Å². The van der Waals surface area contributed by atoms with Gasteiger partial charge in [-0.05, 0) is 27.7 Å². The van der Waals surface area contributed by atoms with Crippen LogP contribution in [-0.2, 0) is 13.1 Å². The van der Waals surface area contributed by atoms with Crippen molar-refractivity contribution in [1.82, 2.24) is 14.9 Å². The van der Waals surface area contributed by atoms with Crippen LogP contribution in [0.25, 0.3) is 0 Å². The minimum atomic E-state index is -1.08. The summed E-state index contributed by atoms with van der Waals surface area (Å²) in [7, 11) is 0. The van der Waals surface area contributed by atoms with E-state index in [0.29, 0.717) is 19.0 Å². The van der Waals surface area contributed by atoms with Crippen LogP contribution >= 0.6 is 0 Å². The molecule has 2 aliphatic heterocycles. The SMILES string of the molecule is CC1(F)CN(c2ncc3c(n2)CN(C(C)(C)C)C3)C1. The predicted octanol–water partition coefficient (Wildman–Crippen LogP) is 2.14. The molecule has 104 valence electrons. The van der Waals surface area contributed by atoms with Gasteiger partial charge in [0.25, 0.3) is 0 Å². The molecular formula is C14H21FN4. The average molecular weight is 264 g/mol. The first-order valence-electron chi connectivity index (χ1n) is 6.78. The molecule has 0 radical (unpaired) electrons. The average Bonchev–Trinajstić information content (AvgIpc) is 2.67. The van der Waals surface area contributed by atoms with Crippen LogP contribution in [-0.4, -0.2) is 39.2 Å². The monoisotopic (exact) mass is 264 g/mol. The molecule has 0 atom stereocenters. The third-order valence-electron chi connectivity index (χ3n) is 3.92. The number of alkyl halides is 1. The van der Waals surface area contributed by atoms with Gasteiger partial charge in [-0.15, -0.1) is 0 Å². The van der Waals surface area contributed by atoms with Gasteiger partial charge in [0.2, 0.25) is 5.95 Å². The minimum absolute atomic E-state index is 0.134. The zero-order chi connectivity index (χ0) is 13.8. The fraction of sp³-hybridized carbons (Fsp3) is 0.714. The Hall–Kier alpha value is -1.23. The lowest BCUT2D eigenvalue weighted by Crippen LogP contribution is -2.57. The normalized spacial score (nSPS) is 22.3. The predicted molar refractivity (Wildman–Crippen MR) is 72.8 cm³/mol. The zero-order valence-electron chi connectivity index (χ0n) is 12.1. The first-order valence-corrected chi connectivity index (χ1v) is 6.78. The van der Waals surface area contributed by atoms with Crippen LogP contribution in [0.3, 0.4) is 0 Å². The van der Waals surface area contributed by atoms with Gasteiger partial charge in [-0.2, -0.15) is 0 Å². The largest absolute Gasteiger partial charge is 0.334 e. The number of rotatable bonds is 1. The molecule has 0 aromatic carbocycles. The van der Waals surface area contributed by atoms with Gasteiger partial charge < -0.3 is 4.90 Å². The molecule has 4 nitrogen and oxygen atoms in total. The van der Waals surface area contributed by atoms with Crippen molar-refractivity contribution in [3.05, 3.63) is 17.5 Å². The summed E-state index contributed by atoms with van der Waals surface area (Å²) in [6.45, 7) is 10.8. The van der Waals surface area contributed by atoms with E-state index in [1.165, 1.54) is 5.56 Å². The van der Waals surface area contributed by atoms with Crippen LogP contribution in [0, 0.1) is 0 Å². The van der Waals surface area contributed by atoms with Crippen molar-refractivity contribution in [2.45, 2.75) is 52.0 Å². The fourth-order valence-corrected chi connectivity index (χ4v) is 2.66. The Morgan fingerprint density at radius 1 is 1.26 bits per heavy atom. The maximum absolute atomic E-state index is 13.5. The highest BCUT2D eigenvalue weighted by atomic mass is 19.1. The van der Waals surface area contributed by atoms with Crippen molar-refractivity contribution in [3.8, 4) is 0 Å². The molecule has 1 aromatic rings. The Labute approximate surface area is 113 Å². The number of anilines is 1. The number of hydrogen-bond donors (Lipinski definition) is 0. The topological polar surface area (TPSA) is 32.3 Å². The van der Waals surface area contributed by atoms with E-state index in [2.05, 4.69) is 35.6 Å². The summed E-state index contributed by atoms with van der Waals surface area (Å²) in [5.41, 5.74) is 1.34. The van der Waals surface area contributed by atoms with E-state index >= 15 is 0 Å². The molecule has 3 heterocycles. The lowest BCUT2D eigenvalue weighted by molar-refractivity contribution is 0.135. The van der Waals surface area contributed by atoms with E-state index in [1.54, 1.807) is 6.92 Å². The van der Waals surface area contributed by atoms with E-state index < -0.39 is 5.67 Å². The summed E-state index contributed by atoms with van der Waals surface area (Å²) < 4.78 is 13.5. The van der Waals surface area contributed by atoms with Crippen molar-refractivity contribution in [3.63, 3.8) is 0 Å². The molecule has 0 bridgehead atoms. The van der Waals surface area contributed by atoms with Crippen molar-refractivity contribution in [2.24, 2.45) is 0 Å². The Kier molecular flexibility index (Phi) is 2.61. The molecule has 0 amide bonds. The molecule has 0 spiro atoms. The summed E-state index contributed by atoms with van der Waals surface area (Å²) in [6, 6.07) is 0. The number of aromatic nitrogens is 2. The van der Waals surface area contributed by atoms with Gasteiger partial charge >= 0.3 is 0 Å². The lowest BCUT2D eigenvalue weighted by Gasteiger charge is -2.42. The third kappa shape index (κ3) is 2.31. The molecule has 0 N–H and O–H groups in total. The molecule has 1 aromatic heterocycles. The van der Waals surface area contributed by atoms with Crippen LogP contribution in [0.2, 0.25) is 0 Å². The van der Waals surface area contributed by atoms with E-state index in [-0.39, 0.29) is 5.54 Å². The Bertz CT molecular complexity index is 499. The molecule has 1 fully saturated rings. The van der Waals surface area contributed by atoms with Crippen LogP contribution in [0.15, 0.2) is 6.20 Å². The highest BCUT2D eigenvalue weighted by molar-refractivity contribution is 5.39. The van der Waals surface area contributed by atoms with Gasteiger partial charge in [0.15, 0.2) is 0 Å². The fourth-order valence-electron chi connectivity index (χ4n) is 2.66. The van der Waals surface area contributed by atoms with E-state index in [4.69, 9.17) is 0 Å². The highest BCUT2D eigenvalue weighted by Gasteiger charge is 2.40. The summed E-state index contributed by atoms with van der Waals surface area (Å²) in [5, 5.41) is 0. The molecule has 3 rings (SSSR count). The number of hydrogen-bond acceptors (Lipinski definition) is 4. The molecule has 19 heavy (non-hydrogen) atoms. The smallest absolute Gasteiger partial charge is 0.225 e. The van der Waals surface area contributed by atoms with Crippen molar-refractivity contribution in [1.29, 1.82) is 0 Å². The first kappa shape index (κ1) is 12.8. The van der Waals surface area contributed by atoms with E-state index in [9.17, 15) is 4.39 Å².